The fraction of sp³-hybridized carbons (Fsp3) is 0.333. The average Bonchev–Trinajstić information content (AvgIpc) is 2.67. The van der Waals surface area contributed by atoms with Gasteiger partial charge in [-0.2, -0.15) is 0 Å². The van der Waals surface area contributed by atoms with Gasteiger partial charge in [-0.1, -0.05) is 0 Å². The number of rotatable bonds is 2. The van der Waals surface area contributed by atoms with Crippen molar-refractivity contribution < 1.29 is 4.79 Å². The maximum Gasteiger partial charge on any atom is 0.225 e. The normalized spacial score (nSPS) is 10.7. The monoisotopic (exact) mass is 209 g/mol. The summed E-state index contributed by atoms with van der Waals surface area (Å²) in [5, 5.41) is 4.58. The zero-order chi connectivity index (χ0) is 10.1. The van der Waals surface area contributed by atoms with Crippen LogP contribution in [0, 0.1) is 6.92 Å². The molecule has 0 aromatic carbocycles. The summed E-state index contributed by atoms with van der Waals surface area (Å²) in [5.74, 6) is 0.0241. The second kappa shape index (κ2) is 3.42. The summed E-state index contributed by atoms with van der Waals surface area (Å²) < 4.78 is 1.97. The first-order chi connectivity index (χ1) is 6.70. The van der Waals surface area contributed by atoms with Gasteiger partial charge in [-0.15, -0.1) is 11.3 Å². The van der Waals surface area contributed by atoms with Crippen LogP contribution in [0.4, 0.5) is 0 Å². The molecule has 0 saturated carbocycles. The average molecular weight is 209 g/mol. The number of imidazole rings is 1. The standard InChI is InChI=1S/C9H11N3OS/c1-6-4-12-7(3-8(13)10-2)5-14-9(12)11-6/h4-5H,3H2,1-2H3,(H,10,13). The van der Waals surface area contributed by atoms with Crippen molar-refractivity contribution in [1.82, 2.24) is 14.7 Å². The lowest BCUT2D eigenvalue weighted by Crippen LogP contribution is -2.20. The van der Waals surface area contributed by atoms with Gasteiger partial charge in [0.25, 0.3) is 0 Å². The molecule has 1 amide bonds. The largest absolute Gasteiger partial charge is 0.359 e. The van der Waals surface area contributed by atoms with Crippen LogP contribution < -0.4 is 5.32 Å². The van der Waals surface area contributed by atoms with E-state index in [1.807, 2.05) is 22.9 Å². The van der Waals surface area contributed by atoms with Crippen molar-refractivity contribution in [2.24, 2.45) is 0 Å². The molecule has 5 heteroatoms. The Morgan fingerprint density at radius 3 is 3.21 bits per heavy atom. The molecule has 2 heterocycles. The molecule has 1 N–H and O–H groups in total. The fourth-order valence-electron chi connectivity index (χ4n) is 1.32. The Bertz CT molecular complexity index is 471. The molecule has 0 saturated heterocycles. The maximum atomic E-state index is 11.2. The minimum Gasteiger partial charge on any atom is -0.359 e. The lowest BCUT2D eigenvalue weighted by Gasteiger charge is -1.97. The quantitative estimate of drug-likeness (QED) is 0.801. The zero-order valence-electron chi connectivity index (χ0n) is 8.07. The highest BCUT2D eigenvalue weighted by molar-refractivity contribution is 7.15. The Labute approximate surface area is 85.6 Å². The van der Waals surface area contributed by atoms with E-state index in [-0.39, 0.29) is 5.91 Å². The van der Waals surface area contributed by atoms with Crippen molar-refractivity contribution in [3.8, 4) is 0 Å². The number of hydrogen-bond acceptors (Lipinski definition) is 3. The molecule has 0 aliphatic heterocycles. The molecule has 4 nitrogen and oxygen atoms in total. The molecule has 0 aliphatic rings. The van der Waals surface area contributed by atoms with E-state index in [4.69, 9.17) is 0 Å². The predicted octanol–water partition coefficient (Wildman–Crippen LogP) is 0.993. The summed E-state index contributed by atoms with van der Waals surface area (Å²) in [6.07, 6.45) is 2.36. The van der Waals surface area contributed by atoms with E-state index in [1.165, 1.54) is 0 Å². The number of fused-ring (bicyclic) bond motifs is 1. The number of aromatic nitrogens is 2. The highest BCUT2D eigenvalue weighted by Gasteiger charge is 2.08. The molecule has 2 rings (SSSR count). The van der Waals surface area contributed by atoms with Crippen LogP contribution in [0.5, 0.6) is 0 Å². The zero-order valence-corrected chi connectivity index (χ0v) is 8.89. The van der Waals surface area contributed by atoms with E-state index in [0.717, 1.165) is 16.3 Å². The van der Waals surface area contributed by atoms with Crippen LogP contribution in [0.25, 0.3) is 4.96 Å². The molecule has 0 spiro atoms. The Kier molecular flexibility index (Phi) is 2.25. The SMILES string of the molecule is CNC(=O)Cc1csc2nc(C)cn12. The van der Waals surface area contributed by atoms with Crippen molar-refractivity contribution in [2.75, 3.05) is 7.05 Å². The number of nitrogens with one attached hydrogen (secondary N) is 1. The molecular weight excluding hydrogens is 198 g/mol. The predicted molar refractivity (Wildman–Crippen MR) is 55.6 cm³/mol. The number of amides is 1. The van der Waals surface area contributed by atoms with E-state index >= 15 is 0 Å². The van der Waals surface area contributed by atoms with Gasteiger partial charge in [0.05, 0.1) is 12.1 Å². The van der Waals surface area contributed by atoms with Gasteiger partial charge in [-0.3, -0.25) is 9.20 Å². The van der Waals surface area contributed by atoms with Gasteiger partial charge in [-0.25, -0.2) is 4.98 Å². The Balaban J connectivity index is 2.37. The summed E-state index contributed by atoms with van der Waals surface area (Å²) in [6.45, 7) is 1.95. The van der Waals surface area contributed by atoms with E-state index in [9.17, 15) is 4.79 Å². The molecule has 2 aromatic heterocycles. The first-order valence-electron chi connectivity index (χ1n) is 4.33. The first-order valence-corrected chi connectivity index (χ1v) is 5.21. The summed E-state index contributed by atoms with van der Waals surface area (Å²) in [7, 11) is 1.64. The van der Waals surface area contributed by atoms with Crippen LogP contribution in [0.2, 0.25) is 0 Å². The summed E-state index contributed by atoms with van der Waals surface area (Å²) in [5.41, 5.74) is 1.97. The van der Waals surface area contributed by atoms with Crippen LogP contribution in [-0.2, 0) is 11.2 Å². The smallest absolute Gasteiger partial charge is 0.225 e. The second-order valence-corrected chi connectivity index (χ2v) is 3.95. The topological polar surface area (TPSA) is 46.4 Å². The number of carbonyl (C=O) groups is 1. The van der Waals surface area contributed by atoms with Gasteiger partial charge < -0.3 is 5.32 Å². The van der Waals surface area contributed by atoms with Gasteiger partial charge >= 0.3 is 0 Å². The van der Waals surface area contributed by atoms with Crippen LogP contribution in [0.15, 0.2) is 11.6 Å². The molecule has 0 unspecified atom stereocenters. The minimum atomic E-state index is 0.0241. The molecular formula is C9H11N3OS. The van der Waals surface area contributed by atoms with Crippen molar-refractivity contribution >= 4 is 22.2 Å². The van der Waals surface area contributed by atoms with Gasteiger partial charge in [-0.05, 0) is 6.92 Å². The number of likely N-dealkylation sites (N-methyl/N-ethyl adjacent to an activating group) is 1. The van der Waals surface area contributed by atoms with E-state index < -0.39 is 0 Å². The molecule has 0 radical (unpaired) electrons. The number of hydrogen-bond donors (Lipinski definition) is 1. The molecule has 0 bridgehead atoms. The lowest BCUT2D eigenvalue weighted by molar-refractivity contribution is -0.120. The summed E-state index contributed by atoms with van der Waals surface area (Å²) in [4.78, 5) is 16.5. The van der Waals surface area contributed by atoms with Gasteiger partial charge in [0.15, 0.2) is 4.96 Å². The van der Waals surface area contributed by atoms with E-state index in [2.05, 4.69) is 10.3 Å². The maximum absolute atomic E-state index is 11.2. The molecule has 74 valence electrons. The highest BCUT2D eigenvalue weighted by Crippen LogP contribution is 2.16. The van der Waals surface area contributed by atoms with Crippen LogP contribution in [-0.4, -0.2) is 22.3 Å². The summed E-state index contributed by atoms with van der Waals surface area (Å²) in [6, 6.07) is 0. The van der Waals surface area contributed by atoms with Gasteiger partial charge in [0.2, 0.25) is 5.91 Å². The van der Waals surface area contributed by atoms with Crippen LogP contribution in [0.1, 0.15) is 11.4 Å². The lowest BCUT2D eigenvalue weighted by atomic mass is 10.3. The minimum absolute atomic E-state index is 0.0241. The number of carbonyl (C=O) groups excluding carboxylic acids is 1. The highest BCUT2D eigenvalue weighted by atomic mass is 32.1. The van der Waals surface area contributed by atoms with E-state index in [1.54, 1.807) is 18.4 Å². The third-order valence-corrected chi connectivity index (χ3v) is 2.91. The van der Waals surface area contributed by atoms with Crippen molar-refractivity contribution in [1.29, 1.82) is 0 Å². The summed E-state index contributed by atoms with van der Waals surface area (Å²) >= 11 is 1.56. The molecule has 2 aromatic rings. The molecule has 14 heavy (non-hydrogen) atoms. The molecule has 0 aliphatic carbocycles. The van der Waals surface area contributed by atoms with Gasteiger partial charge in [0, 0.05) is 24.3 Å². The second-order valence-electron chi connectivity index (χ2n) is 3.11. The Hall–Kier alpha value is -1.36. The third-order valence-electron chi connectivity index (χ3n) is 2.02. The number of nitrogens with zero attached hydrogens (tertiary/aromatic N) is 2. The first kappa shape index (κ1) is 9.21. The van der Waals surface area contributed by atoms with Crippen LogP contribution >= 0.6 is 11.3 Å². The Morgan fingerprint density at radius 1 is 1.71 bits per heavy atom. The van der Waals surface area contributed by atoms with Crippen molar-refractivity contribution in [3.05, 3.63) is 23.0 Å². The number of thiazole rings is 1. The van der Waals surface area contributed by atoms with Crippen LogP contribution in [0.3, 0.4) is 0 Å². The number of aryl methyl sites for hydroxylation is 1. The van der Waals surface area contributed by atoms with E-state index in [0.29, 0.717) is 6.42 Å². The van der Waals surface area contributed by atoms with Crippen molar-refractivity contribution in [2.45, 2.75) is 13.3 Å². The molecule has 0 atom stereocenters. The van der Waals surface area contributed by atoms with Gasteiger partial charge in [0.1, 0.15) is 0 Å². The fourth-order valence-corrected chi connectivity index (χ4v) is 2.24. The van der Waals surface area contributed by atoms with Crippen molar-refractivity contribution in [3.63, 3.8) is 0 Å². The Morgan fingerprint density at radius 2 is 2.50 bits per heavy atom. The third kappa shape index (κ3) is 1.50. The molecule has 0 fully saturated rings.